The number of likely N-dealkylation sites (N-methyl/N-ethyl adjacent to an activating group) is 1. The van der Waals surface area contributed by atoms with E-state index < -0.39 is 17.8 Å². The first-order chi connectivity index (χ1) is 9.61. The summed E-state index contributed by atoms with van der Waals surface area (Å²) in [6.45, 7) is -0.883. The van der Waals surface area contributed by atoms with Gasteiger partial charge in [0.2, 0.25) is 0 Å². The van der Waals surface area contributed by atoms with Crippen molar-refractivity contribution < 1.29 is 23.9 Å². The minimum atomic E-state index is -0.693. The highest BCUT2D eigenvalue weighted by Crippen LogP contribution is 2.07. The van der Waals surface area contributed by atoms with Gasteiger partial charge in [0, 0.05) is 7.05 Å². The molecule has 1 aromatic carbocycles. The molecule has 2 N–H and O–H groups in total. The molecule has 0 unspecified atom stereocenters. The third-order valence-electron chi connectivity index (χ3n) is 2.19. The van der Waals surface area contributed by atoms with Crippen LogP contribution in [0.4, 0.5) is 0 Å². The highest BCUT2D eigenvalue weighted by Gasteiger charge is 2.08. The van der Waals surface area contributed by atoms with Crippen LogP contribution in [0.25, 0.3) is 0 Å². The van der Waals surface area contributed by atoms with Crippen LogP contribution >= 0.6 is 0 Å². The number of para-hydroxylation sites is 1. The van der Waals surface area contributed by atoms with Gasteiger partial charge in [-0.2, -0.15) is 0 Å². The second kappa shape index (κ2) is 8.52. The van der Waals surface area contributed by atoms with Crippen molar-refractivity contribution in [2.24, 2.45) is 0 Å². The van der Waals surface area contributed by atoms with Crippen LogP contribution in [0, 0.1) is 0 Å². The molecule has 0 heterocycles. The Morgan fingerprint density at radius 3 is 2.40 bits per heavy atom. The van der Waals surface area contributed by atoms with E-state index in [4.69, 9.17) is 4.74 Å². The van der Waals surface area contributed by atoms with E-state index in [-0.39, 0.29) is 19.8 Å². The molecule has 0 bridgehead atoms. The Morgan fingerprint density at radius 2 is 1.75 bits per heavy atom. The van der Waals surface area contributed by atoms with Gasteiger partial charge in [-0.1, -0.05) is 18.2 Å². The molecule has 20 heavy (non-hydrogen) atoms. The molecule has 0 saturated carbocycles. The van der Waals surface area contributed by atoms with Gasteiger partial charge >= 0.3 is 5.97 Å². The molecule has 0 saturated heterocycles. The first-order valence-electron chi connectivity index (χ1n) is 5.92. The first kappa shape index (κ1) is 15.5. The highest BCUT2D eigenvalue weighted by atomic mass is 16.5. The van der Waals surface area contributed by atoms with Gasteiger partial charge in [-0.15, -0.1) is 0 Å². The minimum Gasteiger partial charge on any atom is -0.484 e. The third-order valence-corrected chi connectivity index (χ3v) is 2.19. The zero-order chi connectivity index (χ0) is 14.8. The van der Waals surface area contributed by atoms with Crippen molar-refractivity contribution in [3.8, 4) is 5.75 Å². The van der Waals surface area contributed by atoms with Crippen LogP contribution in [0.2, 0.25) is 0 Å². The lowest BCUT2D eigenvalue weighted by Crippen LogP contribution is -2.35. The zero-order valence-corrected chi connectivity index (χ0v) is 11.0. The lowest BCUT2D eigenvalue weighted by Gasteiger charge is -2.07. The van der Waals surface area contributed by atoms with Crippen LogP contribution in [0.5, 0.6) is 5.75 Å². The maximum Gasteiger partial charge on any atom is 0.325 e. The SMILES string of the molecule is CNC(=O)COC(=O)CNC(=O)COc1ccccc1. The molecule has 0 fully saturated rings. The van der Waals surface area contributed by atoms with Crippen molar-refractivity contribution in [2.75, 3.05) is 26.8 Å². The van der Waals surface area contributed by atoms with Gasteiger partial charge in [0.05, 0.1) is 0 Å². The standard InChI is InChI=1S/C13H16N2O5/c1-14-11(16)8-20-13(18)7-15-12(17)9-19-10-5-3-2-4-6-10/h2-6H,7-9H2,1H3,(H,14,16)(H,15,17). The quantitative estimate of drug-likeness (QED) is 0.655. The summed E-state index contributed by atoms with van der Waals surface area (Å²) in [5.74, 6) is -1.01. The molecule has 1 rings (SSSR count). The number of amides is 2. The summed E-state index contributed by atoms with van der Waals surface area (Å²) >= 11 is 0. The Hall–Kier alpha value is -2.57. The van der Waals surface area contributed by atoms with Crippen molar-refractivity contribution in [3.63, 3.8) is 0 Å². The van der Waals surface area contributed by atoms with Crippen LogP contribution < -0.4 is 15.4 Å². The molecule has 108 valence electrons. The lowest BCUT2D eigenvalue weighted by atomic mass is 10.3. The molecule has 0 aliphatic heterocycles. The fourth-order valence-electron chi connectivity index (χ4n) is 1.16. The number of ether oxygens (including phenoxy) is 2. The molecular weight excluding hydrogens is 264 g/mol. The smallest absolute Gasteiger partial charge is 0.325 e. The maximum absolute atomic E-state index is 11.4. The Labute approximate surface area is 116 Å². The van der Waals surface area contributed by atoms with Gasteiger partial charge in [0.1, 0.15) is 12.3 Å². The monoisotopic (exact) mass is 280 g/mol. The molecule has 7 heteroatoms. The first-order valence-corrected chi connectivity index (χ1v) is 5.92. The van der Waals surface area contributed by atoms with Crippen LogP contribution in [0.3, 0.4) is 0 Å². The Morgan fingerprint density at radius 1 is 1.05 bits per heavy atom. The number of esters is 1. The fourth-order valence-corrected chi connectivity index (χ4v) is 1.16. The van der Waals surface area contributed by atoms with Gasteiger partial charge in [-0.3, -0.25) is 14.4 Å². The molecule has 2 amide bonds. The summed E-state index contributed by atoms with van der Waals surface area (Å²) in [4.78, 5) is 33.4. The van der Waals surface area contributed by atoms with Gasteiger partial charge in [0.25, 0.3) is 11.8 Å². The lowest BCUT2D eigenvalue weighted by molar-refractivity contribution is -0.148. The molecule has 0 aromatic heterocycles. The van der Waals surface area contributed by atoms with Crippen molar-refractivity contribution in [2.45, 2.75) is 0 Å². The average molecular weight is 280 g/mol. The van der Waals surface area contributed by atoms with E-state index in [0.717, 1.165) is 0 Å². The normalized spacial score (nSPS) is 9.45. The van der Waals surface area contributed by atoms with Crippen LogP contribution in [-0.2, 0) is 19.1 Å². The largest absolute Gasteiger partial charge is 0.484 e. The zero-order valence-electron chi connectivity index (χ0n) is 11.0. The number of hydrogen-bond donors (Lipinski definition) is 2. The summed E-state index contributed by atoms with van der Waals surface area (Å²) < 4.78 is 9.79. The van der Waals surface area contributed by atoms with E-state index in [1.54, 1.807) is 24.3 Å². The summed E-state index contributed by atoms with van der Waals surface area (Å²) in [5, 5.41) is 4.62. The second-order valence-corrected chi connectivity index (χ2v) is 3.71. The topological polar surface area (TPSA) is 93.7 Å². The van der Waals surface area contributed by atoms with E-state index in [9.17, 15) is 14.4 Å². The molecule has 0 aliphatic rings. The molecule has 1 aromatic rings. The predicted octanol–water partition coefficient (Wildman–Crippen LogP) is -0.529. The Balaban J connectivity index is 2.16. The predicted molar refractivity (Wildman–Crippen MR) is 70.0 cm³/mol. The van der Waals surface area contributed by atoms with E-state index in [2.05, 4.69) is 15.4 Å². The molecule has 0 spiro atoms. The number of carbonyl (C=O) groups is 3. The van der Waals surface area contributed by atoms with Gasteiger partial charge < -0.3 is 20.1 Å². The molecule has 0 radical (unpaired) electrons. The fraction of sp³-hybridized carbons (Fsp3) is 0.308. The Kier molecular flexibility index (Phi) is 6.60. The summed E-state index contributed by atoms with van der Waals surface area (Å²) in [6, 6.07) is 8.82. The molecule has 0 aliphatic carbocycles. The highest BCUT2D eigenvalue weighted by molar-refractivity contribution is 5.84. The molecule has 7 nitrogen and oxygen atoms in total. The van der Waals surface area contributed by atoms with Crippen molar-refractivity contribution >= 4 is 17.8 Å². The maximum atomic E-state index is 11.4. The number of benzene rings is 1. The van der Waals surface area contributed by atoms with E-state index in [1.807, 2.05) is 6.07 Å². The minimum absolute atomic E-state index is 0.202. The average Bonchev–Trinajstić information content (AvgIpc) is 2.49. The second-order valence-electron chi connectivity index (χ2n) is 3.71. The summed E-state index contributed by atoms with van der Waals surface area (Å²) in [7, 11) is 1.43. The van der Waals surface area contributed by atoms with E-state index in [0.29, 0.717) is 5.75 Å². The number of nitrogens with one attached hydrogen (secondary N) is 2. The van der Waals surface area contributed by atoms with E-state index in [1.165, 1.54) is 7.05 Å². The number of carbonyl (C=O) groups excluding carboxylic acids is 3. The Bertz CT molecular complexity index is 461. The molecular formula is C13H16N2O5. The number of hydrogen-bond acceptors (Lipinski definition) is 5. The van der Waals surface area contributed by atoms with Crippen LogP contribution in [0.15, 0.2) is 30.3 Å². The van der Waals surface area contributed by atoms with Crippen molar-refractivity contribution in [3.05, 3.63) is 30.3 Å². The van der Waals surface area contributed by atoms with E-state index >= 15 is 0 Å². The third kappa shape index (κ3) is 6.39. The van der Waals surface area contributed by atoms with Gasteiger partial charge in [-0.05, 0) is 12.1 Å². The van der Waals surface area contributed by atoms with Gasteiger partial charge in [-0.25, -0.2) is 0 Å². The number of rotatable bonds is 7. The summed E-state index contributed by atoms with van der Waals surface area (Å²) in [5.41, 5.74) is 0. The van der Waals surface area contributed by atoms with Crippen molar-refractivity contribution in [1.29, 1.82) is 0 Å². The molecule has 0 atom stereocenters. The van der Waals surface area contributed by atoms with Gasteiger partial charge in [0.15, 0.2) is 13.2 Å². The van der Waals surface area contributed by atoms with Crippen LogP contribution in [-0.4, -0.2) is 44.6 Å². The summed E-state index contributed by atoms with van der Waals surface area (Å²) in [6.07, 6.45) is 0. The van der Waals surface area contributed by atoms with Crippen molar-refractivity contribution in [1.82, 2.24) is 10.6 Å². The van der Waals surface area contributed by atoms with Crippen LogP contribution in [0.1, 0.15) is 0 Å².